The molecule has 0 bridgehead atoms. The standard InChI is InChI=1S/C21H21N4O2.2C20H20N4.C12H8N6.C9H13O2.CH4.2CH3.N2.2Y/c26-14-27-18-11-3-1-2-8-15-19(18)21(17-10-5-7-13-23-17)25-24-20(15)16-9-4-6-12-22-16;2*1-2-4-10-16-15(9-3-1)19(17-11-5-7-13-21-17)23-24-20(16)18-12-6-8-14-22-18;1-3-7-13-9(5-1)11-15-17-12(18-16-11)10-6-2-4-8-14-10;10-8-11-9-6-4-2-1-3-5-7-9;;;;1-2;;/h4-7,9-10,12-13,15,18-19H,1-3,8,11H2;5-8,11-14H,1-4,9-10H2;5-9,11-14,16H,1-4,10H2;1-8H;4,6,9H,1-3,5,7H2;1H4;2*1H3;;;/q-1;;;;-1;;2*-1;;;/b;;;;6-4+;;;;;;. The van der Waals surface area contributed by atoms with Crippen LogP contribution in [0.3, 0.4) is 0 Å². The summed E-state index contributed by atoms with van der Waals surface area (Å²) in [5.74, 6) is 1.03. The van der Waals surface area contributed by atoms with Crippen molar-refractivity contribution in [2.45, 2.75) is 154 Å². The van der Waals surface area contributed by atoms with E-state index in [0.29, 0.717) is 23.0 Å². The van der Waals surface area contributed by atoms with Gasteiger partial charge in [-0.15, -0.1) is 35.7 Å². The third kappa shape index (κ3) is 25.8. The normalized spacial score (nSPS) is 18.3. The Morgan fingerprint density at radius 3 is 1.23 bits per heavy atom. The van der Waals surface area contributed by atoms with Crippen molar-refractivity contribution in [1.82, 2.24) is 70.5 Å². The Labute approximate surface area is 701 Å². The SMILES string of the molecule is C.C1=C2C(c3ccccn3)=NN=C(c3ccccn3)C2CCCCC1.N#N.O=[C-]OC1/C=C/CCCCC1.O=[C-]OC1CCCCCC2C(c3ccccn3)=NN=C(c3ccccn3)C12.[CH3-].[CH3-].[Y].[Y].c1ccc(-c2nnc(-c3ccccn3)c3c2CCCCCC3)nc1.c1ccc(-c2nnc(-c3ccccn3)nn2)nc1. The van der Waals surface area contributed by atoms with E-state index in [1.54, 1.807) is 43.4 Å². The molecule has 566 valence electrons. The van der Waals surface area contributed by atoms with Gasteiger partial charge in [-0.1, -0.05) is 132 Å². The first-order valence-electron chi connectivity index (χ1n) is 36.3. The Morgan fingerprint density at radius 2 is 0.757 bits per heavy atom. The van der Waals surface area contributed by atoms with Crippen molar-refractivity contribution >= 4 is 35.8 Å². The topological polar surface area (TPSA) is 330 Å². The van der Waals surface area contributed by atoms with E-state index >= 15 is 0 Å². The van der Waals surface area contributed by atoms with E-state index in [1.807, 2.05) is 164 Å². The van der Waals surface area contributed by atoms with Crippen LogP contribution in [0.2, 0.25) is 0 Å². The maximum atomic E-state index is 11.1. The number of rotatable bonds is 12. The molecule has 0 saturated heterocycles. The summed E-state index contributed by atoms with van der Waals surface area (Å²) >= 11 is 0. The summed E-state index contributed by atoms with van der Waals surface area (Å²) < 4.78 is 10.2. The monoisotopic (exact) mass is 1630 g/mol. The molecular formula is C85H92N20O4Y2-4. The Bertz CT molecular complexity index is 4430. The number of nitrogens with zero attached hydrogens (tertiary/aromatic N) is 20. The maximum absolute atomic E-state index is 11.1. The third-order valence-corrected chi connectivity index (χ3v) is 18.7. The van der Waals surface area contributed by atoms with Gasteiger partial charge in [0.05, 0.1) is 63.5 Å². The van der Waals surface area contributed by atoms with Gasteiger partial charge in [0.1, 0.15) is 28.5 Å². The molecule has 111 heavy (non-hydrogen) atoms. The van der Waals surface area contributed by atoms with Crippen LogP contribution in [0.15, 0.2) is 239 Å². The Morgan fingerprint density at radius 1 is 0.369 bits per heavy atom. The smallest absolute Gasteiger partial charge is 0.221 e. The Balaban J connectivity index is 0.000000217. The summed E-state index contributed by atoms with van der Waals surface area (Å²) in [6, 6.07) is 46.3. The van der Waals surface area contributed by atoms with Gasteiger partial charge in [-0.2, -0.15) is 15.3 Å². The molecule has 24 nitrogen and oxygen atoms in total. The number of aromatic nitrogens is 14. The molecule has 0 amide bonds. The number of hydrogen-bond acceptors (Lipinski definition) is 24. The van der Waals surface area contributed by atoms with E-state index in [0.717, 1.165) is 145 Å². The van der Waals surface area contributed by atoms with Crippen molar-refractivity contribution in [2.75, 3.05) is 0 Å². The average molecular weight is 1640 g/mol. The van der Waals surface area contributed by atoms with Crippen LogP contribution in [-0.2, 0) is 97.3 Å². The van der Waals surface area contributed by atoms with Gasteiger partial charge in [-0.3, -0.25) is 39.9 Å². The largest absolute Gasteiger partial charge is 0.650 e. The summed E-state index contributed by atoms with van der Waals surface area (Å²) in [4.78, 5) is 56.2. The van der Waals surface area contributed by atoms with E-state index in [4.69, 9.17) is 20.3 Å². The van der Waals surface area contributed by atoms with Crippen LogP contribution in [0, 0.1) is 43.4 Å². The van der Waals surface area contributed by atoms with Gasteiger partial charge in [0.25, 0.3) is 0 Å². The molecule has 16 rings (SSSR count). The molecule has 12 heterocycles. The zero-order chi connectivity index (χ0) is 73.0. The van der Waals surface area contributed by atoms with Crippen LogP contribution in [0.5, 0.6) is 0 Å². The minimum absolute atomic E-state index is 0. The number of fused-ring (bicyclic) bond motifs is 3. The summed E-state index contributed by atoms with van der Waals surface area (Å²) in [7, 11) is 0. The zero-order valence-electron chi connectivity index (χ0n) is 62.2. The molecule has 0 spiro atoms. The van der Waals surface area contributed by atoms with Crippen molar-refractivity contribution < 1.29 is 84.5 Å². The van der Waals surface area contributed by atoms with Crippen molar-refractivity contribution in [1.29, 1.82) is 10.8 Å². The van der Waals surface area contributed by atoms with E-state index in [9.17, 15) is 9.59 Å². The van der Waals surface area contributed by atoms with E-state index in [1.165, 1.54) is 81.0 Å². The third-order valence-electron chi connectivity index (χ3n) is 18.7. The fourth-order valence-electron chi connectivity index (χ4n) is 13.7. The number of allylic oxidation sites excluding steroid dienone is 3. The number of pyridine rings is 8. The molecule has 6 aliphatic rings. The first-order valence-corrected chi connectivity index (χ1v) is 36.3. The molecule has 10 aromatic heterocycles. The molecule has 4 aliphatic carbocycles. The molecule has 2 aliphatic heterocycles. The molecule has 5 atom stereocenters. The number of hydrogen-bond donors (Lipinski definition) is 0. The van der Waals surface area contributed by atoms with Gasteiger partial charge in [-0.25, -0.2) is 0 Å². The van der Waals surface area contributed by atoms with E-state index in [2.05, 4.69) is 103 Å². The van der Waals surface area contributed by atoms with Crippen molar-refractivity contribution in [3.8, 4) is 45.8 Å². The molecule has 0 aromatic carbocycles. The predicted molar refractivity (Wildman–Crippen MR) is 423 cm³/mol. The van der Waals surface area contributed by atoms with Gasteiger partial charge in [0.15, 0.2) is 0 Å². The second-order valence-electron chi connectivity index (χ2n) is 25.6. The first kappa shape index (κ1) is 89.8. The summed E-state index contributed by atoms with van der Waals surface area (Å²) in [6.07, 6.45) is 43.8. The number of ether oxygens (including phenoxy) is 2. The van der Waals surface area contributed by atoms with Crippen molar-refractivity contribution in [2.24, 2.45) is 38.2 Å². The van der Waals surface area contributed by atoms with Crippen LogP contribution in [-0.4, -0.2) is 118 Å². The maximum Gasteiger partial charge on any atom is 0.221 e. The minimum atomic E-state index is -0.289. The molecule has 0 N–H and O–H groups in total. The second-order valence-corrected chi connectivity index (χ2v) is 25.6. The fraction of sp³-hybridized carbons (Fsp3) is 0.318. The molecular weight excluding hydrogens is 1540 g/mol. The molecule has 1 fully saturated rings. The Hall–Kier alpha value is -10.1. The van der Waals surface area contributed by atoms with Crippen LogP contribution in [0.4, 0.5) is 0 Å². The number of carbonyl (C=O) groups excluding carboxylic acids is 2. The molecule has 26 heteroatoms. The van der Waals surface area contributed by atoms with Crippen molar-refractivity contribution in [3.05, 3.63) is 268 Å². The summed E-state index contributed by atoms with van der Waals surface area (Å²) in [6.45, 7) is 3.15. The van der Waals surface area contributed by atoms with Crippen LogP contribution in [0.25, 0.3) is 45.8 Å². The second kappa shape index (κ2) is 50.0. The van der Waals surface area contributed by atoms with Gasteiger partial charge in [-0.05, 0) is 204 Å². The molecule has 2 radical (unpaired) electrons. The average Bonchev–Trinajstić information content (AvgIpc) is 0.793. The van der Waals surface area contributed by atoms with E-state index < -0.39 is 0 Å². The zero-order valence-corrected chi connectivity index (χ0v) is 67.9. The minimum Gasteiger partial charge on any atom is -0.650 e. The van der Waals surface area contributed by atoms with Crippen LogP contribution >= 0.6 is 0 Å². The first-order chi connectivity index (χ1) is 52.6. The summed E-state index contributed by atoms with van der Waals surface area (Å²) in [5.41, 5.74) is 15.9. The molecule has 1 saturated carbocycles. The van der Waals surface area contributed by atoms with Crippen LogP contribution in [0.1, 0.15) is 163 Å². The van der Waals surface area contributed by atoms with Crippen molar-refractivity contribution in [3.63, 3.8) is 0 Å². The molecule has 10 aromatic rings. The quantitative estimate of drug-likeness (QED) is 0.0623. The van der Waals surface area contributed by atoms with Crippen LogP contribution < -0.4 is 0 Å². The predicted octanol–water partition coefficient (Wildman–Crippen LogP) is 16.7. The van der Waals surface area contributed by atoms with Gasteiger partial charge in [0, 0.05) is 144 Å². The summed E-state index contributed by atoms with van der Waals surface area (Å²) in [5, 5.41) is 55.3. The van der Waals surface area contributed by atoms with Gasteiger partial charge >= 0.3 is 0 Å². The molecule has 5 unspecified atom stereocenters. The van der Waals surface area contributed by atoms with Gasteiger partial charge < -0.3 is 33.9 Å². The Kier molecular flexibility index (Phi) is 40.4. The fourth-order valence-corrected chi connectivity index (χ4v) is 13.7. The van der Waals surface area contributed by atoms with E-state index in [-0.39, 0.29) is 118 Å². The van der Waals surface area contributed by atoms with Gasteiger partial charge in [0.2, 0.25) is 11.6 Å².